The summed E-state index contributed by atoms with van der Waals surface area (Å²) in [4.78, 5) is 11.3. The number of nitrogens with zero attached hydrogens (tertiary/aromatic N) is 2. The molecule has 0 fully saturated rings. The second kappa shape index (κ2) is 3.36. The number of hydrogen-bond acceptors (Lipinski definition) is 5. The predicted octanol–water partition coefficient (Wildman–Crippen LogP) is 1.38. The van der Waals surface area contributed by atoms with Gasteiger partial charge in [-0.3, -0.25) is 10.1 Å². The van der Waals surface area contributed by atoms with E-state index in [-0.39, 0.29) is 11.7 Å². The van der Waals surface area contributed by atoms with Crippen LogP contribution in [0.5, 0.6) is 0 Å². The van der Waals surface area contributed by atoms with Crippen LogP contribution in [-0.2, 0) is 0 Å². The van der Waals surface area contributed by atoms with Gasteiger partial charge in [0.1, 0.15) is 5.51 Å². The maximum Gasteiger partial charge on any atom is 0.293 e. The number of anilines is 1. The standard InChI is InChI=1S/C7H5N3O2S/c11-6(5-2-1-3-12-5)9-7-10-8-4-13-7/h1-4H,(H,9,10,11). The van der Waals surface area contributed by atoms with E-state index in [2.05, 4.69) is 15.5 Å². The molecule has 13 heavy (non-hydrogen) atoms. The number of aromatic nitrogens is 2. The fourth-order valence-electron chi connectivity index (χ4n) is 0.794. The lowest BCUT2D eigenvalue weighted by Gasteiger charge is -1.95. The molecule has 1 amide bonds. The summed E-state index contributed by atoms with van der Waals surface area (Å²) >= 11 is 1.25. The molecule has 0 aromatic carbocycles. The summed E-state index contributed by atoms with van der Waals surface area (Å²) < 4.78 is 4.89. The maximum atomic E-state index is 11.3. The highest BCUT2D eigenvalue weighted by molar-refractivity contribution is 7.13. The molecular formula is C7H5N3O2S. The van der Waals surface area contributed by atoms with Crippen molar-refractivity contribution in [1.29, 1.82) is 0 Å². The summed E-state index contributed by atoms with van der Waals surface area (Å²) in [5, 5.41) is 10.2. The Morgan fingerprint density at radius 3 is 3.15 bits per heavy atom. The molecule has 0 unspecified atom stereocenters. The van der Waals surface area contributed by atoms with Gasteiger partial charge in [0.05, 0.1) is 6.26 Å². The van der Waals surface area contributed by atoms with Crippen LogP contribution in [0.4, 0.5) is 5.13 Å². The van der Waals surface area contributed by atoms with Gasteiger partial charge in [0, 0.05) is 0 Å². The van der Waals surface area contributed by atoms with E-state index in [4.69, 9.17) is 4.42 Å². The topological polar surface area (TPSA) is 68.0 Å². The molecule has 0 aliphatic carbocycles. The van der Waals surface area contributed by atoms with E-state index in [1.54, 1.807) is 12.1 Å². The molecule has 0 bridgehead atoms. The molecule has 2 aromatic rings. The van der Waals surface area contributed by atoms with Crippen molar-refractivity contribution in [3.05, 3.63) is 29.7 Å². The number of rotatable bonds is 2. The van der Waals surface area contributed by atoms with Crippen LogP contribution in [-0.4, -0.2) is 16.1 Å². The summed E-state index contributed by atoms with van der Waals surface area (Å²) in [5.41, 5.74) is 1.54. The maximum absolute atomic E-state index is 11.3. The smallest absolute Gasteiger partial charge is 0.293 e. The number of carbonyl (C=O) groups is 1. The number of amides is 1. The molecule has 0 spiro atoms. The Morgan fingerprint density at radius 1 is 1.62 bits per heavy atom. The second-order valence-corrected chi connectivity index (χ2v) is 3.01. The van der Waals surface area contributed by atoms with Gasteiger partial charge >= 0.3 is 0 Å². The normalized spacial score (nSPS) is 9.85. The van der Waals surface area contributed by atoms with E-state index < -0.39 is 0 Å². The van der Waals surface area contributed by atoms with Gasteiger partial charge in [-0.15, -0.1) is 10.2 Å². The average Bonchev–Trinajstić information content (AvgIpc) is 2.74. The Morgan fingerprint density at radius 2 is 2.54 bits per heavy atom. The van der Waals surface area contributed by atoms with Crippen molar-refractivity contribution in [1.82, 2.24) is 10.2 Å². The summed E-state index contributed by atoms with van der Waals surface area (Å²) in [6, 6.07) is 3.23. The minimum atomic E-state index is -0.318. The van der Waals surface area contributed by atoms with Crippen LogP contribution < -0.4 is 5.32 Å². The van der Waals surface area contributed by atoms with Crippen LogP contribution in [0.15, 0.2) is 28.3 Å². The van der Waals surface area contributed by atoms with E-state index in [1.807, 2.05) is 0 Å². The van der Waals surface area contributed by atoms with Crippen LogP contribution in [0.1, 0.15) is 10.6 Å². The molecule has 0 aliphatic heterocycles. The van der Waals surface area contributed by atoms with Crippen molar-refractivity contribution in [2.24, 2.45) is 0 Å². The fourth-order valence-corrected chi connectivity index (χ4v) is 1.23. The van der Waals surface area contributed by atoms with E-state index in [9.17, 15) is 4.79 Å². The molecule has 0 saturated heterocycles. The number of carbonyl (C=O) groups excluding carboxylic acids is 1. The van der Waals surface area contributed by atoms with Crippen LogP contribution in [0.25, 0.3) is 0 Å². The first-order chi connectivity index (χ1) is 6.36. The van der Waals surface area contributed by atoms with Crippen molar-refractivity contribution in [2.45, 2.75) is 0 Å². The molecule has 5 nitrogen and oxygen atoms in total. The molecule has 1 N–H and O–H groups in total. The number of hydrogen-bond donors (Lipinski definition) is 1. The lowest BCUT2D eigenvalue weighted by atomic mass is 10.4. The minimum absolute atomic E-state index is 0.259. The molecule has 2 aromatic heterocycles. The molecular weight excluding hydrogens is 190 g/mol. The Bertz CT molecular complexity index is 382. The van der Waals surface area contributed by atoms with E-state index in [0.717, 1.165) is 0 Å². The van der Waals surface area contributed by atoms with Gasteiger partial charge < -0.3 is 4.42 Å². The average molecular weight is 195 g/mol. The van der Waals surface area contributed by atoms with Gasteiger partial charge in [-0.1, -0.05) is 11.3 Å². The SMILES string of the molecule is O=C(Nc1nncs1)c1ccco1. The van der Waals surface area contributed by atoms with Crippen LogP contribution in [0, 0.1) is 0 Å². The quantitative estimate of drug-likeness (QED) is 0.786. The van der Waals surface area contributed by atoms with Crippen molar-refractivity contribution >= 4 is 22.4 Å². The van der Waals surface area contributed by atoms with E-state index in [0.29, 0.717) is 5.13 Å². The zero-order valence-corrected chi connectivity index (χ0v) is 7.25. The third kappa shape index (κ3) is 1.73. The fraction of sp³-hybridized carbons (Fsp3) is 0. The van der Waals surface area contributed by atoms with Crippen molar-refractivity contribution in [3.8, 4) is 0 Å². The third-order valence-electron chi connectivity index (χ3n) is 1.33. The molecule has 2 rings (SSSR count). The summed E-state index contributed by atoms with van der Waals surface area (Å²) in [6.45, 7) is 0. The summed E-state index contributed by atoms with van der Waals surface area (Å²) in [6.07, 6.45) is 1.44. The van der Waals surface area contributed by atoms with Crippen LogP contribution >= 0.6 is 11.3 Å². The Kier molecular flexibility index (Phi) is 2.05. The van der Waals surface area contributed by atoms with Gasteiger partial charge in [-0.05, 0) is 12.1 Å². The minimum Gasteiger partial charge on any atom is -0.459 e. The van der Waals surface area contributed by atoms with Gasteiger partial charge in [0.25, 0.3) is 5.91 Å². The van der Waals surface area contributed by atoms with Crippen LogP contribution in [0.2, 0.25) is 0 Å². The molecule has 0 aliphatic rings. The largest absolute Gasteiger partial charge is 0.459 e. The van der Waals surface area contributed by atoms with E-state index in [1.165, 1.54) is 23.1 Å². The molecule has 2 heterocycles. The van der Waals surface area contributed by atoms with Gasteiger partial charge in [-0.2, -0.15) is 0 Å². The first-order valence-electron chi connectivity index (χ1n) is 3.47. The van der Waals surface area contributed by atoms with Gasteiger partial charge in [0.2, 0.25) is 5.13 Å². The highest BCUT2D eigenvalue weighted by Gasteiger charge is 2.09. The molecule has 0 atom stereocenters. The molecule has 0 saturated carbocycles. The highest BCUT2D eigenvalue weighted by Crippen LogP contribution is 2.10. The number of furan rings is 1. The zero-order valence-electron chi connectivity index (χ0n) is 6.43. The van der Waals surface area contributed by atoms with Gasteiger partial charge in [0.15, 0.2) is 5.76 Å². The summed E-state index contributed by atoms with van der Waals surface area (Å²) in [5.74, 6) is -0.0584. The first-order valence-corrected chi connectivity index (χ1v) is 4.35. The van der Waals surface area contributed by atoms with Crippen molar-refractivity contribution in [3.63, 3.8) is 0 Å². The monoisotopic (exact) mass is 195 g/mol. The molecule has 0 radical (unpaired) electrons. The first kappa shape index (κ1) is 7.93. The zero-order chi connectivity index (χ0) is 9.10. The molecule has 66 valence electrons. The number of nitrogens with one attached hydrogen (secondary N) is 1. The molecule has 6 heteroatoms. The summed E-state index contributed by atoms with van der Waals surface area (Å²) in [7, 11) is 0. The Hall–Kier alpha value is -1.69. The van der Waals surface area contributed by atoms with Crippen LogP contribution in [0.3, 0.4) is 0 Å². The third-order valence-corrected chi connectivity index (χ3v) is 1.93. The van der Waals surface area contributed by atoms with Crippen molar-refractivity contribution in [2.75, 3.05) is 5.32 Å². The predicted molar refractivity (Wildman–Crippen MR) is 46.6 cm³/mol. The van der Waals surface area contributed by atoms with E-state index >= 15 is 0 Å². The second-order valence-electron chi connectivity index (χ2n) is 2.18. The van der Waals surface area contributed by atoms with Crippen molar-refractivity contribution < 1.29 is 9.21 Å². The highest BCUT2D eigenvalue weighted by atomic mass is 32.1. The van der Waals surface area contributed by atoms with Gasteiger partial charge in [-0.25, -0.2) is 0 Å². The lowest BCUT2D eigenvalue weighted by Crippen LogP contribution is -2.10. The Balaban J connectivity index is 2.08. The lowest BCUT2D eigenvalue weighted by molar-refractivity contribution is 0.0996. The Labute approximate surface area is 77.4 Å².